The average molecular weight is 547 g/mol. The van der Waals surface area contributed by atoms with Crippen molar-refractivity contribution in [1.29, 1.82) is 0 Å². The molecule has 0 bridgehead atoms. The SMILES string of the molecule is CC(C)(C)OC(=O)Nc1ccc(NC(=O)c2ccc(C(=O)Nc3ccc(NC(=O)OC(C)(C)C)cc3)cc2)cc1. The molecule has 0 unspecified atom stereocenters. The van der Waals surface area contributed by atoms with Crippen molar-refractivity contribution in [3.8, 4) is 0 Å². The lowest BCUT2D eigenvalue weighted by atomic mass is 10.1. The molecule has 10 heteroatoms. The summed E-state index contributed by atoms with van der Waals surface area (Å²) < 4.78 is 10.4. The van der Waals surface area contributed by atoms with Crippen LogP contribution >= 0.6 is 0 Å². The van der Waals surface area contributed by atoms with Crippen molar-refractivity contribution < 1.29 is 28.7 Å². The Labute approximate surface area is 233 Å². The number of rotatable bonds is 6. The van der Waals surface area contributed by atoms with E-state index < -0.39 is 23.4 Å². The summed E-state index contributed by atoms with van der Waals surface area (Å²) in [6.07, 6.45) is -1.14. The number of carbonyl (C=O) groups is 4. The maximum absolute atomic E-state index is 12.7. The van der Waals surface area contributed by atoms with Gasteiger partial charge in [-0.3, -0.25) is 20.2 Å². The molecule has 0 spiro atoms. The molecule has 0 fully saturated rings. The molecule has 0 aliphatic heterocycles. The molecule has 0 heterocycles. The normalized spacial score (nSPS) is 11.2. The van der Waals surface area contributed by atoms with E-state index >= 15 is 0 Å². The average Bonchev–Trinajstić information content (AvgIpc) is 2.84. The molecule has 0 saturated carbocycles. The summed E-state index contributed by atoms with van der Waals surface area (Å²) in [6, 6.07) is 19.4. The van der Waals surface area contributed by atoms with E-state index in [-0.39, 0.29) is 11.8 Å². The molecule has 0 atom stereocenters. The van der Waals surface area contributed by atoms with Gasteiger partial charge in [-0.1, -0.05) is 0 Å². The zero-order valence-electron chi connectivity index (χ0n) is 23.4. The fraction of sp³-hybridized carbons (Fsp3) is 0.267. The van der Waals surface area contributed by atoms with Crippen LogP contribution in [-0.2, 0) is 9.47 Å². The van der Waals surface area contributed by atoms with Crippen LogP contribution in [-0.4, -0.2) is 35.2 Å². The molecule has 3 aromatic rings. The Kier molecular flexibility index (Phi) is 9.15. The molecule has 10 nitrogen and oxygen atoms in total. The van der Waals surface area contributed by atoms with Crippen LogP contribution in [0.3, 0.4) is 0 Å². The summed E-state index contributed by atoms with van der Waals surface area (Å²) in [5.41, 5.74) is 1.63. The van der Waals surface area contributed by atoms with Crippen molar-refractivity contribution in [2.75, 3.05) is 21.3 Å². The first-order valence-corrected chi connectivity index (χ1v) is 12.6. The second kappa shape index (κ2) is 12.3. The molecule has 0 aliphatic carbocycles. The van der Waals surface area contributed by atoms with Crippen LogP contribution in [0.4, 0.5) is 32.3 Å². The highest BCUT2D eigenvalue weighted by atomic mass is 16.6. The van der Waals surface area contributed by atoms with Crippen LogP contribution in [0, 0.1) is 0 Å². The van der Waals surface area contributed by atoms with Crippen molar-refractivity contribution in [2.24, 2.45) is 0 Å². The molecule has 3 aromatic carbocycles. The molecule has 0 radical (unpaired) electrons. The summed E-state index contributed by atoms with van der Waals surface area (Å²) in [5.74, 6) is -0.708. The third-order valence-electron chi connectivity index (χ3n) is 4.99. The van der Waals surface area contributed by atoms with Gasteiger partial charge in [0.25, 0.3) is 11.8 Å². The number of ether oxygens (including phenoxy) is 2. The van der Waals surface area contributed by atoms with Gasteiger partial charge in [0.05, 0.1) is 0 Å². The molecule has 40 heavy (non-hydrogen) atoms. The quantitative estimate of drug-likeness (QED) is 0.266. The molecule has 3 rings (SSSR count). The predicted octanol–water partition coefficient (Wildman–Crippen LogP) is 6.89. The first-order chi connectivity index (χ1) is 18.7. The molecule has 0 aromatic heterocycles. The van der Waals surface area contributed by atoms with Gasteiger partial charge in [-0.2, -0.15) is 0 Å². The fourth-order valence-electron chi connectivity index (χ4n) is 3.30. The van der Waals surface area contributed by atoms with E-state index in [0.717, 1.165) is 0 Å². The molecule has 4 N–H and O–H groups in total. The summed E-state index contributed by atoms with van der Waals surface area (Å²) >= 11 is 0. The number of nitrogens with one attached hydrogen (secondary N) is 4. The molecule has 0 saturated heterocycles. The smallest absolute Gasteiger partial charge is 0.412 e. The highest BCUT2D eigenvalue weighted by Crippen LogP contribution is 2.18. The van der Waals surface area contributed by atoms with E-state index in [2.05, 4.69) is 21.3 Å². The van der Waals surface area contributed by atoms with Gasteiger partial charge in [-0.05, 0) is 114 Å². The van der Waals surface area contributed by atoms with Crippen LogP contribution in [0.15, 0.2) is 72.8 Å². The Hall–Kier alpha value is -4.86. The van der Waals surface area contributed by atoms with E-state index in [1.807, 2.05) is 0 Å². The van der Waals surface area contributed by atoms with Crippen molar-refractivity contribution >= 4 is 46.8 Å². The minimum Gasteiger partial charge on any atom is -0.444 e. The van der Waals surface area contributed by atoms with E-state index in [1.54, 1.807) is 114 Å². The maximum atomic E-state index is 12.7. The third kappa shape index (κ3) is 9.79. The number of amides is 4. The minimum atomic E-state index is -0.609. The summed E-state index contributed by atoms with van der Waals surface area (Å²) in [6.45, 7) is 10.7. The van der Waals surface area contributed by atoms with Crippen molar-refractivity contribution in [3.05, 3.63) is 83.9 Å². The Balaban J connectivity index is 1.52. The lowest BCUT2D eigenvalue weighted by Crippen LogP contribution is -2.27. The lowest BCUT2D eigenvalue weighted by Gasteiger charge is -2.19. The number of hydrogen-bond donors (Lipinski definition) is 4. The Bertz CT molecular complexity index is 1250. The molecular formula is C30H34N4O6. The van der Waals surface area contributed by atoms with Crippen LogP contribution in [0.1, 0.15) is 62.3 Å². The van der Waals surface area contributed by atoms with Crippen LogP contribution in [0.25, 0.3) is 0 Å². The highest BCUT2D eigenvalue weighted by molar-refractivity contribution is 6.07. The largest absolute Gasteiger partial charge is 0.444 e. The first-order valence-electron chi connectivity index (χ1n) is 12.6. The number of anilines is 4. The monoisotopic (exact) mass is 546 g/mol. The van der Waals surface area contributed by atoms with E-state index in [4.69, 9.17) is 9.47 Å². The topological polar surface area (TPSA) is 135 Å². The van der Waals surface area contributed by atoms with E-state index in [9.17, 15) is 19.2 Å². The van der Waals surface area contributed by atoms with Gasteiger partial charge in [-0.25, -0.2) is 9.59 Å². The Morgan fingerprint density at radius 1 is 0.450 bits per heavy atom. The van der Waals surface area contributed by atoms with Crippen molar-refractivity contribution in [2.45, 2.75) is 52.7 Å². The van der Waals surface area contributed by atoms with Gasteiger partial charge < -0.3 is 20.1 Å². The van der Waals surface area contributed by atoms with Gasteiger partial charge in [0, 0.05) is 33.9 Å². The van der Waals surface area contributed by atoms with Gasteiger partial charge in [0.15, 0.2) is 0 Å². The third-order valence-corrected chi connectivity index (χ3v) is 4.99. The van der Waals surface area contributed by atoms with Crippen LogP contribution in [0.5, 0.6) is 0 Å². The fourth-order valence-corrected chi connectivity index (χ4v) is 3.30. The van der Waals surface area contributed by atoms with Gasteiger partial charge in [0.1, 0.15) is 11.2 Å². The minimum absolute atomic E-state index is 0.354. The van der Waals surface area contributed by atoms with E-state index in [1.165, 1.54) is 0 Å². The summed E-state index contributed by atoms with van der Waals surface area (Å²) in [7, 11) is 0. The zero-order chi connectivity index (χ0) is 29.5. The first kappa shape index (κ1) is 29.7. The molecule has 210 valence electrons. The lowest BCUT2D eigenvalue weighted by molar-refractivity contribution is 0.0624. The second-order valence-electron chi connectivity index (χ2n) is 10.9. The number of hydrogen-bond acceptors (Lipinski definition) is 6. The summed E-state index contributed by atoms with van der Waals surface area (Å²) in [5, 5.41) is 10.8. The number of benzene rings is 3. The van der Waals surface area contributed by atoms with Gasteiger partial charge in [0.2, 0.25) is 0 Å². The zero-order valence-corrected chi connectivity index (χ0v) is 23.4. The Morgan fingerprint density at radius 2 is 0.700 bits per heavy atom. The number of carbonyl (C=O) groups excluding carboxylic acids is 4. The summed E-state index contributed by atoms with van der Waals surface area (Å²) in [4.78, 5) is 49.1. The maximum Gasteiger partial charge on any atom is 0.412 e. The predicted molar refractivity (Wildman–Crippen MR) is 155 cm³/mol. The second-order valence-corrected chi connectivity index (χ2v) is 10.9. The van der Waals surface area contributed by atoms with E-state index in [0.29, 0.717) is 33.9 Å². The standard InChI is InChI=1S/C30H34N4O6/c1-29(2,3)39-27(37)33-23-15-11-21(12-16-23)31-25(35)19-7-9-20(10-8-19)26(36)32-22-13-17-24(18-14-22)34-28(38)40-30(4,5)6/h7-18H,1-6H3,(H,31,35)(H,32,36)(H,33,37)(H,34,38). The van der Waals surface area contributed by atoms with Crippen LogP contribution < -0.4 is 21.3 Å². The molecule has 0 aliphatic rings. The van der Waals surface area contributed by atoms with Gasteiger partial charge >= 0.3 is 12.2 Å². The van der Waals surface area contributed by atoms with Crippen LogP contribution in [0.2, 0.25) is 0 Å². The van der Waals surface area contributed by atoms with Gasteiger partial charge in [-0.15, -0.1) is 0 Å². The van der Waals surface area contributed by atoms with Crippen molar-refractivity contribution in [3.63, 3.8) is 0 Å². The highest BCUT2D eigenvalue weighted by Gasteiger charge is 2.17. The Morgan fingerprint density at radius 3 is 0.950 bits per heavy atom. The molecular weight excluding hydrogens is 512 g/mol. The van der Waals surface area contributed by atoms with Crippen molar-refractivity contribution in [1.82, 2.24) is 0 Å². The molecule has 4 amide bonds.